The number of nitrogens with one attached hydrogen (secondary N) is 1. The number of hydrogen-bond acceptors (Lipinski definition) is 3. The van der Waals surface area contributed by atoms with Crippen molar-refractivity contribution in [2.75, 3.05) is 33.3 Å². The zero-order chi connectivity index (χ0) is 14.7. The average molecular weight is 325 g/mol. The van der Waals surface area contributed by atoms with Crippen molar-refractivity contribution < 1.29 is 9.53 Å². The van der Waals surface area contributed by atoms with Crippen LogP contribution in [0.15, 0.2) is 24.3 Å². The SMILES string of the molecule is CNCC1CCN(C(=O)c2ccc(OCC3CC3)cc2)C1.Cl. The van der Waals surface area contributed by atoms with Crippen molar-refractivity contribution >= 4 is 18.3 Å². The molecule has 4 nitrogen and oxygen atoms in total. The molecule has 122 valence electrons. The number of rotatable bonds is 6. The fraction of sp³-hybridized carbons (Fsp3) is 0.588. The van der Waals surface area contributed by atoms with E-state index in [-0.39, 0.29) is 18.3 Å². The van der Waals surface area contributed by atoms with Crippen molar-refractivity contribution in [1.29, 1.82) is 0 Å². The van der Waals surface area contributed by atoms with Crippen LogP contribution in [0.1, 0.15) is 29.6 Å². The lowest BCUT2D eigenvalue weighted by molar-refractivity contribution is 0.0787. The molecule has 1 aromatic rings. The van der Waals surface area contributed by atoms with E-state index in [0.29, 0.717) is 5.92 Å². The maximum Gasteiger partial charge on any atom is 0.253 e. The lowest BCUT2D eigenvalue weighted by Crippen LogP contribution is -2.30. The van der Waals surface area contributed by atoms with Crippen LogP contribution < -0.4 is 10.1 Å². The number of likely N-dealkylation sites (tertiary alicyclic amines) is 1. The summed E-state index contributed by atoms with van der Waals surface area (Å²) in [4.78, 5) is 14.4. The van der Waals surface area contributed by atoms with E-state index in [4.69, 9.17) is 4.74 Å². The molecule has 1 aliphatic heterocycles. The number of nitrogens with zero attached hydrogens (tertiary/aromatic N) is 1. The van der Waals surface area contributed by atoms with Crippen LogP contribution in [-0.2, 0) is 0 Å². The molecule has 0 radical (unpaired) electrons. The summed E-state index contributed by atoms with van der Waals surface area (Å²) in [5.74, 6) is 2.34. The van der Waals surface area contributed by atoms with Gasteiger partial charge in [-0.05, 0) is 69.0 Å². The van der Waals surface area contributed by atoms with Crippen molar-refractivity contribution in [2.45, 2.75) is 19.3 Å². The molecule has 1 heterocycles. The Kier molecular flexibility index (Phi) is 6.09. The van der Waals surface area contributed by atoms with Gasteiger partial charge in [-0.15, -0.1) is 12.4 Å². The molecule has 1 atom stereocenters. The fourth-order valence-corrected chi connectivity index (χ4v) is 2.85. The minimum atomic E-state index is 0. The first-order valence-corrected chi connectivity index (χ1v) is 7.93. The topological polar surface area (TPSA) is 41.6 Å². The van der Waals surface area contributed by atoms with E-state index < -0.39 is 0 Å². The number of hydrogen-bond donors (Lipinski definition) is 1. The van der Waals surface area contributed by atoms with Gasteiger partial charge in [-0.1, -0.05) is 0 Å². The van der Waals surface area contributed by atoms with E-state index in [2.05, 4.69) is 5.32 Å². The van der Waals surface area contributed by atoms with Crippen molar-refractivity contribution in [1.82, 2.24) is 10.2 Å². The third kappa shape index (κ3) is 4.37. The summed E-state index contributed by atoms with van der Waals surface area (Å²) in [6, 6.07) is 7.60. The van der Waals surface area contributed by atoms with Gasteiger partial charge in [-0.3, -0.25) is 4.79 Å². The van der Waals surface area contributed by atoms with Crippen molar-refractivity contribution in [3.8, 4) is 5.75 Å². The molecule has 22 heavy (non-hydrogen) atoms. The second-order valence-corrected chi connectivity index (χ2v) is 6.24. The van der Waals surface area contributed by atoms with Crippen LogP contribution in [-0.4, -0.2) is 44.1 Å². The summed E-state index contributed by atoms with van der Waals surface area (Å²) in [6.07, 6.45) is 3.67. The Labute approximate surface area is 138 Å². The smallest absolute Gasteiger partial charge is 0.253 e. The van der Waals surface area contributed by atoms with E-state index in [1.165, 1.54) is 12.8 Å². The van der Waals surface area contributed by atoms with E-state index in [0.717, 1.165) is 49.9 Å². The number of amides is 1. The van der Waals surface area contributed by atoms with Crippen LogP contribution in [0.25, 0.3) is 0 Å². The van der Waals surface area contributed by atoms with Crippen molar-refractivity contribution in [2.24, 2.45) is 11.8 Å². The second-order valence-electron chi connectivity index (χ2n) is 6.24. The predicted octanol–water partition coefficient (Wildman–Crippen LogP) is 2.58. The number of carbonyl (C=O) groups excluding carboxylic acids is 1. The summed E-state index contributed by atoms with van der Waals surface area (Å²) in [6.45, 7) is 3.52. The van der Waals surface area contributed by atoms with E-state index in [1.807, 2.05) is 36.2 Å². The Morgan fingerprint density at radius 1 is 1.23 bits per heavy atom. The molecule has 2 aliphatic rings. The number of carbonyl (C=O) groups is 1. The molecule has 1 aliphatic carbocycles. The average Bonchev–Trinajstić information content (AvgIpc) is 3.23. The third-order valence-electron chi connectivity index (χ3n) is 4.35. The van der Waals surface area contributed by atoms with Crippen LogP contribution in [0.3, 0.4) is 0 Å². The minimum absolute atomic E-state index is 0. The molecule has 1 N–H and O–H groups in total. The normalized spacial score (nSPS) is 20.6. The van der Waals surface area contributed by atoms with Crippen LogP contribution in [0.5, 0.6) is 5.75 Å². The van der Waals surface area contributed by atoms with Gasteiger partial charge in [-0.25, -0.2) is 0 Å². The van der Waals surface area contributed by atoms with Crippen molar-refractivity contribution in [3.05, 3.63) is 29.8 Å². The maximum atomic E-state index is 12.4. The highest BCUT2D eigenvalue weighted by molar-refractivity contribution is 5.94. The van der Waals surface area contributed by atoms with E-state index >= 15 is 0 Å². The summed E-state index contributed by atoms with van der Waals surface area (Å²) < 4.78 is 5.71. The van der Waals surface area contributed by atoms with Gasteiger partial charge in [0.2, 0.25) is 0 Å². The molecule has 5 heteroatoms. The van der Waals surface area contributed by atoms with Gasteiger partial charge in [0.1, 0.15) is 5.75 Å². The summed E-state index contributed by atoms with van der Waals surface area (Å²) in [7, 11) is 1.96. The summed E-state index contributed by atoms with van der Waals surface area (Å²) >= 11 is 0. The van der Waals surface area contributed by atoms with Gasteiger partial charge in [0.25, 0.3) is 5.91 Å². The molecule has 0 bridgehead atoms. The number of halogens is 1. The molecular weight excluding hydrogens is 300 g/mol. The molecular formula is C17H25ClN2O2. The van der Waals surface area contributed by atoms with E-state index in [1.54, 1.807) is 0 Å². The van der Waals surface area contributed by atoms with Crippen molar-refractivity contribution in [3.63, 3.8) is 0 Å². The molecule has 1 unspecified atom stereocenters. The van der Waals surface area contributed by atoms with Gasteiger partial charge in [0.05, 0.1) is 6.61 Å². The van der Waals surface area contributed by atoms with Crippen LogP contribution in [0.4, 0.5) is 0 Å². The van der Waals surface area contributed by atoms with Crippen LogP contribution >= 0.6 is 12.4 Å². The molecule has 1 amide bonds. The second kappa shape index (κ2) is 7.84. The molecule has 1 aromatic carbocycles. The molecule has 0 aromatic heterocycles. The molecule has 1 saturated heterocycles. The number of benzene rings is 1. The first-order chi connectivity index (χ1) is 10.3. The zero-order valence-electron chi connectivity index (χ0n) is 13.1. The van der Waals surface area contributed by atoms with Crippen LogP contribution in [0.2, 0.25) is 0 Å². The van der Waals surface area contributed by atoms with E-state index in [9.17, 15) is 4.79 Å². The third-order valence-corrected chi connectivity index (χ3v) is 4.35. The molecule has 3 rings (SSSR count). The van der Waals surface area contributed by atoms with Gasteiger partial charge < -0.3 is 15.0 Å². The molecule has 2 fully saturated rings. The monoisotopic (exact) mass is 324 g/mol. The Hall–Kier alpha value is -1.26. The summed E-state index contributed by atoms with van der Waals surface area (Å²) in [5.41, 5.74) is 0.763. The first-order valence-electron chi connectivity index (χ1n) is 7.93. The minimum Gasteiger partial charge on any atom is -0.493 e. The maximum absolute atomic E-state index is 12.4. The lowest BCUT2D eigenvalue weighted by atomic mass is 10.1. The summed E-state index contributed by atoms with van der Waals surface area (Å²) in [5, 5.41) is 3.19. The Bertz CT molecular complexity index is 488. The highest BCUT2D eigenvalue weighted by Gasteiger charge is 2.26. The van der Waals surface area contributed by atoms with Gasteiger partial charge in [-0.2, -0.15) is 0 Å². The van der Waals surface area contributed by atoms with Gasteiger partial charge in [0, 0.05) is 18.7 Å². The fourth-order valence-electron chi connectivity index (χ4n) is 2.85. The first kappa shape index (κ1) is 17.1. The molecule has 0 spiro atoms. The quantitative estimate of drug-likeness (QED) is 0.874. The standard InChI is InChI=1S/C17H24N2O2.ClH/c1-18-10-14-8-9-19(11-14)17(20)15-4-6-16(7-5-15)21-12-13-2-3-13;/h4-7,13-14,18H,2-3,8-12H2,1H3;1H. The predicted molar refractivity (Wildman–Crippen MR) is 89.8 cm³/mol. The largest absolute Gasteiger partial charge is 0.493 e. The van der Waals surface area contributed by atoms with Gasteiger partial charge >= 0.3 is 0 Å². The van der Waals surface area contributed by atoms with Crippen LogP contribution in [0, 0.1) is 11.8 Å². The Morgan fingerprint density at radius 2 is 1.95 bits per heavy atom. The zero-order valence-corrected chi connectivity index (χ0v) is 13.9. The molecule has 1 saturated carbocycles. The number of ether oxygens (including phenoxy) is 1. The highest BCUT2D eigenvalue weighted by Crippen LogP contribution is 2.29. The van der Waals surface area contributed by atoms with Gasteiger partial charge in [0.15, 0.2) is 0 Å². The Morgan fingerprint density at radius 3 is 2.59 bits per heavy atom. The highest BCUT2D eigenvalue weighted by atomic mass is 35.5. The Balaban J connectivity index is 0.00000176. The lowest BCUT2D eigenvalue weighted by Gasteiger charge is -2.17.